The Bertz CT molecular complexity index is 537. The van der Waals surface area contributed by atoms with E-state index in [0.717, 1.165) is 36.9 Å². The fraction of sp³-hybridized carbons (Fsp3) is 0.467. The summed E-state index contributed by atoms with van der Waals surface area (Å²) in [5.41, 5.74) is 0. The Kier molecular flexibility index (Phi) is 3.85. The molecule has 2 aromatic rings. The van der Waals surface area contributed by atoms with Crippen LogP contribution in [0.15, 0.2) is 35.2 Å². The highest BCUT2D eigenvalue weighted by Crippen LogP contribution is 2.32. The highest BCUT2D eigenvalue weighted by molar-refractivity contribution is 5.46. The van der Waals surface area contributed by atoms with E-state index in [4.69, 9.17) is 4.42 Å². The van der Waals surface area contributed by atoms with Crippen LogP contribution in [-0.2, 0) is 6.54 Å². The molecule has 1 N–H and O–H groups in total. The second-order valence-corrected chi connectivity index (χ2v) is 5.13. The van der Waals surface area contributed by atoms with Crippen LogP contribution in [0, 0.1) is 0 Å². The Hall–Kier alpha value is -2.04. The van der Waals surface area contributed by atoms with Gasteiger partial charge in [0.25, 0.3) is 0 Å². The number of anilines is 2. The number of aromatic nitrogens is 2. The third-order valence-corrected chi connectivity index (χ3v) is 3.37. The van der Waals surface area contributed by atoms with Crippen LogP contribution in [0.3, 0.4) is 0 Å². The van der Waals surface area contributed by atoms with Crippen molar-refractivity contribution in [2.24, 2.45) is 0 Å². The summed E-state index contributed by atoms with van der Waals surface area (Å²) in [7, 11) is 0. The zero-order chi connectivity index (χ0) is 13.8. The van der Waals surface area contributed by atoms with E-state index in [9.17, 15) is 0 Å². The van der Waals surface area contributed by atoms with Crippen LogP contribution in [0.1, 0.15) is 31.9 Å². The van der Waals surface area contributed by atoms with E-state index in [2.05, 4.69) is 27.1 Å². The lowest BCUT2D eigenvalue weighted by atomic mass is 10.3. The van der Waals surface area contributed by atoms with E-state index in [1.165, 1.54) is 12.8 Å². The van der Waals surface area contributed by atoms with E-state index >= 15 is 0 Å². The van der Waals surface area contributed by atoms with Gasteiger partial charge in [-0.1, -0.05) is 6.92 Å². The summed E-state index contributed by atoms with van der Waals surface area (Å²) in [6, 6.07) is 4.49. The van der Waals surface area contributed by atoms with Gasteiger partial charge in [-0.25, -0.2) is 4.98 Å². The molecule has 0 aliphatic heterocycles. The SMILES string of the molecule is CCCNc1cncc(N(Cc2ccco2)C2CC2)n1. The minimum Gasteiger partial charge on any atom is -0.467 e. The van der Waals surface area contributed by atoms with Crippen LogP contribution in [-0.4, -0.2) is 22.6 Å². The van der Waals surface area contributed by atoms with E-state index in [1.54, 1.807) is 12.5 Å². The Morgan fingerprint density at radius 3 is 3.00 bits per heavy atom. The van der Waals surface area contributed by atoms with Gasteiger partial charge < -0.3 is 14.6 Å². The van der Waals surface area contributed by atoms with E-state index < -0.39 is 0 Å². The van der Waals surface area contributed by atoms with Crippen LogP contribution in [0.4, 0.5) is 11.6 Å². The molecule has 0 saturated heterocycles. The van der Waals surface area contributed by atoms with Crippen molar-refractivity contribution >= 4 is 11.6 Å². The molecule has 0 unspecified atom stereocenters. The van der Waals surface area contributed by atoms with Crippen LogP contribution >= 0.6 is 0 Å². The number of hydrogen-bond donors (Lipinski definition) is 1. The van der Waals surface area contributed by atoms with Crippen LogP contribution in [0.5, 0.6) is 0 Å². The lowest BCUT2D eigenvalue weighted by molar-refractivity contribution is 0.500. The van der Waals surface area contributed by atoms with Crippen molar-refractivity contribution in [1.29, 1.82) is 0 Å². The maximum atomic E-state index is 5.45. The highest BCUT2D eigenvalue weighted by Gasteiger charge is 2.30. The van der Waals surface area contributed by atoms with E-state index in [-0.39, 0.29) is 0 Å². The van der Waals surface area contributed by atoms with Crippen molar-refractivity contribution < 1.29 is 4.42 Å². The molecule has 5 heteroatoms. The molecule has 5 nitrogen and oxygen atoms in total. The van der Waals surface area contributed by atoms with Gasteiger partial charge in [0.05, 0.1) is 25.2 Å². The standard InChI is InChI=1S/C15H20N4O/c1-2-7-17-14-9-16-10-15(18-14)19(12-5-6-12)11-13-4-3-8-20-13/h3-4,8-10,12H,2,5-7,11H2,1H3,(H,17,18). The molecular weight excluding hydrogens is 252 g/mol. The quantitative estimate of drug-likeness (QED) is 0.839. The molecule has 1 aliphatic rings. The first-order valence-electron chi connectivity index (χ1n) is 7.21. The lowest BCUT2D eigenvalue weighted by Crippen LogP contribution is -2.26. The number of rotatable bonds is 7. The summed E-state index contributed by atoms with van der Waals surface area (Å²) in [5.74, 6) is 2.73. The Morgan fingerprint density at radius 2 is 2.30 bits per heavy atom. The molecule has 0 radical (unpaired) electrons. The van der Waals surface area contributed by atoms with Gasteiger partial charge in [-0.05, 0) is 31.4 Å². The van der Waals surface area contributed by atoms with E-state index in [0.29, 0.717) is 6.04 Å². The third kappa shape index (κ3) is 3.10. The highest BCUT2D eigenvalue weighted by atomic mass is 16.3. The second kappa shape index (κ2) is 5.94. The van der Waals surface area contributed by atoms with Crippen molar-refractivity contribution in [1.82, 2.24) is 9.97 Å². The topological polar surface area (TPSA) is 54.2 Å². The molecule has 1 fully saturated rings. The second-order valence-electron chi connectivity index (χ2n) is 5.13. The summed E-state index contributed by atoms with van der Waals surface area (Å²) < 4.78 is 5.45. The fourth-order valence-electron chi connectivity index (χ4n) is 2.19. The molecule has 2 heterocycles. The first kappa shape index (κ1) is 13.0. The number of nitrogens with zero attached hydrogens (tertiary/aromatic N) is 3. The Balaban J connectivity index is 1.76. The molecule has 0 atom stereocenters. The Morgan fingerprint density at radius 1 is 1.40 bits per heavy atom. The molecule has 1 aliphatic carbocycles. The molecule has 106 valence electrons. The molecule has 0 amide bonds. The van der Waals surface area contributed by atoms with Gasteiger partial charge in [-0.3, -0.25) is 4.98 Å². The number of hydrogen-bond acceptors (Lipinski definition) is 5. The van der Waals surface area contributed by atoms with Gasteiger partial charge in [-0.2, -0.15) is 0 Å². The van der Waals surface area contributed by atoms with Gasteiger partial charge >= 0.3 is 0 Å². The molecule has 0 aromatic carbocycles. The fourth-order valence-corrected chi connectivity index (χ4v) is 2.19. The van der Waals surface area contributed by atoms with Crippen LogP contribution < -0.4 is 10.2 Å². The average Bonchev–Trinajstić information content (AvgIpc) is 3.19. The monoisotopic (exact) mass is 272 g/mol. The van der Waals surface area contributed by atoms with Crippen molar-refractivity contribution in [3.63, 3.8) is 0 Å². The smallest absolute Gasteiger partial charge is 0.150 e. The summed E-state index contributed by atoms with van der Waals surface area (Å²) in [6.45, 7) is 3.81. The predicted octanol–water partition coefficient (Wildman–Crippen LogP) is 3.06. The molecule has 1 saturated carbocycles. The normalized spacial score (nSPS) is 14.2. The van der Waals surface area contributed by atoms with Crippen LogP contribution in [0.2, 0.25) is 0 Å². The third-order valence-electron chi connectivity index (χ3n) is 3.37. The first-order chi connectivity index (χ1) is 9.86. The zero-order valence-corrected chi connectivity index (χ0v) is 11.7. The summed E-state index contributed by atoms with van der Waals surface area (Å²) in [4.78, 5) is 11.2. The van der Waals surface area contributed by atoms with Gasteiger partial charge in [-0.15, -0.1) is 0 Å². The van der Waals surface area contributed by atoms with Gasteiger partial charge in [0.1, 0.15) is 17.4 Å². The molecule has 2 aromatic heterocycles. The molecule has 20 heavy (non-hydrogen) atoms. The molecule has 3 rings (SSSR count). The summed E-state index contributed by atoms with van der Waals surface area (Å²) in [6.07, 6.45) is 8.83. The van der Waals surface area contributed by atoms with Crippen LogP contribution in [0.25, 0.3) is 0 Å². The molecule has 0 spiro atoms. The van der Waals surface area contributed by atoms with E-state index in [1.807, 2.05) is 18.3 Å². The first-order valence-corrected chi connectivity index (χ1v) is 7.21. The number of furan rings is 1. The number of nitrogens with one attached hydrogen (secondary N) is 1. The molecular formula is C15H20N4O. The summed E-state index contributed by atoms with van der Waals surface area (Å²) >= 11 is 0. The van der Waals surface area contributed by atoms with Gasteiger partial charge in [0.2, 0.25) is 0 Å². The van der Waals surface area contributed by atoms with Crippen molar-refractivity contribution in [3.05, 3.63) is 36.5 Å². The Labute approximate surface area is 119 Å². The van der Waals surface area contributed by atoms with Crippen molar-refractivity contribution in [3.8, 4) is 0 Å². The minimum atomic E-state index is 0.566. The lowest BCUT2D eigenvalue weighted by Gasteiger charge is -2.22. The van der Waals surface area contributed by atoms with Crippen molar-refractivity contribution in [2.45, 2.75) is 38.8 Å². The van der Waals surface area contributed by atoms with Gasteiger partial charge in [0, 0.05) is 12.6 Å². The maximum Gasteiger partial charge on any atom is 0.150 e. The summed E-state index contributed by atoms with van der Waals surface area (Å²) in [5, 5.41) is 3.28. The van der Waals surface area contributed by atoms with Gasteiger partial charge in [0.15, 0.2) is 0 Å². The maximum absolute atomic E-state index is 5.45. The minimum absolute atomic E-state index is 0.566. The molecule has 0 bridgehead atoms. The largest absolute Gasteiger partial charge is 0.467 e. The average molecular weight is 272 g/mol. The van der Waals surface area contributed by atoms with Crippen molar-refractivity contribution in [2.75, 3.05) is 16.8 Å². The zero-order valence-electron chi connectivity index (χ0n) is 11.7. The predicted molar refractivity (Wildman–Crippen MR) is 78.7 cm³/mol.